The number of nitrogens with one attached hydrogen (secondary N) is 1. The van der Waals surface area contributed by atoms with Crippen LogP contribution in [-0.4, -0.2) is 20.7 Å². The van der Waals surface area contributed by atoms with Gasteiger partial charge in [0.25, 0.3) is 0 Å². The van der Waals surface area contributed by atoms with E-state index in [1.165, 1.54) is 0 Å². The monoisotopic (exact) mass is 419 g/mol. The SMILES string of the molecule is Cl.Cl.Clc1ccc2c(NN=Cc3ccc(-n4ccnc4)cc3)ccnc2c1. The van der Waals surface area contributed by atoms with E-state index in [1.807, 2.05) is 59.3 Å². The Kier molecular flexibility index (Phi) is 7.19. The number of anilines is 1. The molecule has 5 nitrogen and oxygen atoms in total. The van der Waals surface area contributed by atoms with E-state index in [9.17, 15) is 0 Å². The molecule has 138 valence electrons. The summed E-state index contributed by atoms with van der Waals surface area (Å²) in [6, 6.07) is 15.5. The van der Waals surface area contributed by atoms with E-state index in [2.05, 4.69) is 20.5 Å². The zero-order valence-electron chi connectivity index (χ0n) is 14.0. The molecule has 0 spiro atoms. The number of rotatable bonds is 4. The summed E-state index contributed by atoms with van der Waals surface area (Å²) in [5.41, 5.74) is 6.84. The van der Waals surface area contributed by atoms with Gasteiger partial charge in [-0.1, -0.05) is 23.7 Å². The van der Waals surface area contributed by atoms with E-state index < -0.39 is 0 Å². The molecule has 0 atom stereocenters. The summed E-state index contributed by atoms with van der Waals surface area (Å²) >= 11 is 6.01. The van der Waals surface area contributed by atoms with Gasteiger partial charge in [0.1, 0.15) is 0 Å². The third-order valence-electron chi connectivity index (χ3n) is 3.80. The van der Waals surface area contributed by atoms with Crippen LogP contribution in [0.1, 0.15) is 5.56 Å². The van der Waals surface area contributed by atoms with Crippen molar-refractivity contribution in [2.45, 2.75) is 0 Å². The summed E-state index contributed by atoms with van der Waals surface area (Å²) in [7, 11) is 0. The van der Waals surface area contributed by atoms with Crippen molar-refractivity contribution in [3.05, 3.63) is 84.0 Å². The van der Waals surface area contributed by atoms with Crippen LogP contribution in [0.5, 0.6) is 0 Å². The highest BCUT2D eigenvalue weighted by molar-refractivity contribution is 6.31. The van der Waals surface area contributed by atoms with Crippen molar-refractivity contribution in [1.29, 1.82) is 0 Å². The van der Waals surface area contributed by atoms with E-state index in [4.69, 9.17) is 11.6 Å². The molecule has 8 heteroatoms. The van der Waals surface area contributed by atoms with E-state index >= 15 is 0 Å². The summed E-state index contributed by atoms with van der Waals surface area (Å²) in [4.78, 5) is 8.37. The largest absolute Gasteiger partial charge is 0.306 e. The van der Waals surface area contributed by atoms with Gasteiger partial charge in [0.05, 0.1) is 23.7 Å². The zero-order chi connectivity index (χ0) is 17.1. The topological polar surface area (TPSA) is 55.1 Å². The minimum atomic E-state index is 0. The fraction of sp³-hybridized carbons (Fsp3) is 0. The Labute approximate surface area is 173 Å². The van der Waals surface area contributed by atoms with Gasteiger partial charge < -0.3 is 4.57 Å². The van der Waals surface area contributed by atoms with Crippen LogP contribution in [0.15, 0.2) is 78.6 Å². The van der Waals surface area contributed by atoms with Crippen molar-refractivity contribution in [1.82, 2.24) is 14.5 Å². The molecule has 27 heavy (non-hydrogen) atoms. The lowest BCUT2D eigenvalue weighted by molar-refractivity contribution is 1.06. The third-order valence-corrected chi connectivity index (χ3v) is 4.03. The molecule has 2 aromatic carbocycles. The van der Waals surface area contributed by atoms with Crippen LogP contribution in [0, 0.1) is 0 Å². The summed E-state index contributed by atoms with van der Waals surface area (Å²) in [6.45, 7) is 0. The minimum Gasteiger partial charge on any atom is -0.306 e. The van der Waals surface area contributed by atoms with E-state index in [1.54, 1.807) is 24.9 Å². The predicted octanol–water partition coefficient (Wildman–Crippen LogP) is 5.36. The first-order valence-corrected chi connectivity index (χ1v) is 8.09. The number of fused-ring (bicyclic) bond motifs is 1. The van der Waals surface area contributed by atoms with Gasteiger partial charge in [-0.05, 0) is 42.0 Å². The molecule has 0 saturated carbocycles. The number of imidazole rings is 1. The van der Waals surface area contributed by atoms with Crippen molar-refractivity contribution in [3.63, 3.8) is 0 Å². The maximum Gasteiger partial charge on any atom is 0.0991 e. The molecule has 0 radical (unpaired) electrons. The highest BCUT2D eigenvalue weighted by Crippen LogP contribution is 2.24. The molecule has 0 saturated heterocycles. The molecule has 4 aromatic rings. The molecule has 0 aliphatic carbocycles. The lowest BCUT2D eigenvalue weighted by Gasteiger charge is -2.05. The van der Waals surface area contributed by atoms with Gasteiger partial charge in [-0.25, -0.2) is 4.98 Å². The summed E-state index contributed by atoms with van der Waals surface area (Å²) in [5, 5.41) is 5.96. The smallest absolute Gasteiger partial charge is 0.0991 e. The number of hydrogen-bond acceptors (Lipinski definition) is 4. The van der Waals surface area contributed by atoms with Gasteiger partial charge in [0, 0.05) is 34.7 Å². The van der Waals surface area contributed by atoms with Crippen LogP contribution in [0.3, 0.4) is 0 Å². The first kappa shape index (κ1) is 20.7. The summed E-state index contributed by atoms with van der Waals surface area (Å²) in [6.07, 6.45) is 8.94. The molecule has 2 aromatic heterocycles. The molecule has 0 amide bonds. The van der Waals surface area contributed by atoms with Crippen LogP contribution in [0.4, 0.5) is 5.69 Å². The molecule has 0 unspecified atom stereocenters. The van der Waals surface area contributed by atoms with Crippen LogP contribution >= 0.6 is 36.4 Å². The highest BCUT2D eigenvalue weighted by Gasteiger charge is 2.01. The second-order valence-electron chi connectivity index (χ2n) is 5.45. The second-order valence-corrected chi connectivity index (χ2v) is 5.89. The quantitative estimate of drug-likeness (QED) is 0.357. The second kappa shape index (κ2) is 9.37. The Morgan fingerprint density at radius 1 is 1.00 bits per heavy atom. The Balaban J connectivity index is 0.00000131. The van der Waals surface area contributed by atoms with Gasteiger partial charge in [-0.15, -0.1) is 24.8 Å². The molecule has 0 fully saturated rings. The zero-order valence-corrected chi connectivity index (χ0v) is 16.4. The van der Waals surface area contributed by atoms with E-state index in [0.717, 1.165) is 27.8 Å². The fourth-order valence-electron chi connectivity index (χ4n) is 2.54. The molecule has 0 aliphatic heterocycles. The molecule has 4 rings (SSSR count). The number of hydrogen-bond donors (Lipinski definition) is 1. The lowest BCUT2D eigenvalue weighted by Crippen LogP contribution is -1.94. The van der Waals surface area contributed by atoms with Crippen molar-refractivity contribution in [2.75, 3.05) is 5.43 Å². The molecule has 1 N–H and O–H groups in total. The number of nitrogens with zero attached hydrogens (tertiary/aromatic N) is 4. The number of benzene rings is 2. The maximum atomic E-state index is 6.01. The summed E-state index contributed by atoms with van der Waals surface area (Å²) < 4.78 is 1.95. The molecule has 0 aliphatic rings. The molecular weight excluding hydrogens is 405 g/mol. The van der Waals surface area contributed by atoms with Gasteiger partial charge >= 0.3 is 0 Å². The third kappa shape index (κ3) is 4.77. The molecular formula is C19H16Cl3N5. The average Bonchev–Trinajstić information content (AvgIpc) is 3.17. The maximum absolute atomic E-state index is 6.01. The lowest BCUT2D eigenvalue weighted by atomic mass is 10.2. The number of hydrazone groups is 1. The van der Waals surface area contributed by atoms with Crippen LogP contribution < -0.4 is 5.43 Å². The Morgan fingerprint density at radius 3 is 2.56 bits per heavy atom. The first-order valence-electron chi connectivity index (χ1n) is 7.71. The minimum absolute atomic E-state index is 0. The fourth-order valence-corrected chi connectivity index (χ4v) is 2.71. The van der Waals surface area contributed by atoms with Gasteiger partial charge in [0.2, 0.25) is 0 Å². The Morgan fingerprint density at radius 2 is 1.81 bits per heavy atom. The highest BCUT2D eigenvalue weighted by atomic mass is 35.5. The van der Waals surface area contributed by atoms with Crippen molar-refractivity contribution in [3.8, 4) is 5.69 Å². The first-order chi connectivity index (χ1) is 12.3. The average molecular weight is 421 g/mol. The summed E-state index contributed by atoms with van der Waals surface area (Å²) in [5.74, 6) is 0. The van der Waals surface area contributed by atoms with Crippen molar-refractivity contribution in [2.24, 2.45) is 5.10 Å². The van der Waals surface area contributed by atoms with Gasteiger partial charge in [-0.2, -0.15) is 5.10 Å². The Bertz CT molecular complexity index is 1030. The van der Waals surface area contributed by atoms with Gasteiger partial charge in [-0.3, -0.25) is 10.4 Å². The van der Waals surface area contributed by atoms with Crippen molar-refractivity contribution < 1.29 is 0 Å². The van der Waals surface area contributed by atoms with E-state index in [-0.39, 0.29) is 24.8 Å². The predicted molar refractivity (Wildman–Crippen MR) is 116 cm³/mol. The van der Waals surface area contributed by atoms with Crippen LogP contribution in [-0.2, 0) is 0 Å². The van der Waals surface area contributed by atoms with E-state index in [0.29, 0.717) is 5.02 Å². The molecule has 2 heterocycles. The van der Waals surface area contributed by atoms with Crippen molar-refractivity contribution >= 4 is 59.2 Å². The van der Waals surface area contributed by atoms with Crippen LogP contribution in [0.25, 0.3) is 16.6 Å². The molecule has 0 bridgehead atoms. The number of halogens is 3. The van der Waals surface area contributed by atoms with Gasteiger partial charge in [0.15, 0.2) is 0 Å². The number of aromatic nitrogens is 3. The normalized spacial score (nSPS) is 10.4. The standard InChI is InChI=1S/C19H14ClN5.2ClH/c20-15-3-6-17-18(7-8-22-19(17)11-15)24-23-12-14-1-4-16(5-2-14)25-10-9-21-13-25;;/h1-13H,(H,22,24);2*1H. The Hall–Kier alpha value is -2.60. The number of pyridine rings is 1. The van der Waals surface area contributed by atoms with Crippen LogP contribution in [0.2, 0.25) is 5.02 Å².